The Morgan fingerprint density at radius 3 is 0.918 bits per heavy atom. The molecule has 37 heteroatoms. The largest absolute Gasteiger partial charge is 0.394 e. The van der Waals surface area contributed by atoms with E-state index < -0.39 is 159 Å². The lowest BCUT2D eigenvalue weighted by molar-refractivity contribution is -0.272. The average molecular weight is 1410 g/mol. The summed E-state index contributed by atoms with van der Waals surface area (Å²) in [7, 11) is 0. The van der Waals surface area contributed by atoms with E-state index in [1.807, 2.05) is 6.92 Å². The highest BCUT2D eigenvalue weighted by Gasteiger charge is 2.48. The van der Waals surface area contributed by atoms with E-state index >= 15 is 0 Å². The van der Waals surface area contributed by atoms with Gasteiger partial charge in [0, 0.05) is 84.6 Å². The zero-order chi connectivity index (χ0) is 71.5. The van der Waals surface area contributed by atoms with Crippen LogP contribution in [-0.4, -0.2) is 336 Å². The Kier molecular flexibility index (Phi) is 43.9. The predicted octanol–water partition coefficient (Wildman–Crippen LogP) is -7.79. The normalized spacial score (nSPS) is 26.2. The van der Waals surface area contributed by atoms with Crippen molar-refractivity contribution in [2.75, 3.05) is 145 Å². The lowest BCUT2D eigenvalue weighted by atomic mass is 9.82. The second kappa shape index (κ2) is 49.5. The number of aliphatic hydroxyl groups excluding tert-OH is 9. The van der Waals surface area contributed by atoms with Gasteiger partial charge in [-0.25, -0.2) is 0 Å². The first-order chi connectivity index (χ1) is 46.5. The van der Waals surface area contributed by atoms with Gasteiger partial charge in [0.1, 0.15) is 73.1 Å². The molecule has 17 N–H and O–H groups in total. The molecule has 0 radical (unpaired) electrons. The minimum absolute atomic E-state index is 0.0194. The SMILES string of the molecule is CCCNC(=O)CCCC(=O)NC(CCC(=O)NCCOCCOCCOC1OC(CO)C(O)C(O)C1NC(C)=O)(CCC(=O)NCCOCCOCCOC1OC(CO)C(O)C(O)C1NC(C)=O)CCC(=O)NCCOCCOCCOC1OC(CO)C(O)C(O)C1NC(C)=O. The van der Waals surface area contributed by atoms with Crippen LogP contribution in [0.2, 0.25) is 0 Å². The van der Waals surface area contributed by atoms with Gasteiger partial charge in [0.2, 0.25) is 47.3 Å². The number of hydrogen-bond acceptors (Lipinski definition) is 29. The summed E-state index contributed by atoms with van der Waals surface area (Å²) < 4.78 is 67.0. The molecule has 0 aromatic rings. The second-order valence-corrected chi connectivity index (χ2v) is 23.2. The Balaban J connectivity index is 1.56. The van der Waals surface area contributed by atoms with E-state index in [4.69, 9.17) is 56.8 Å². The van der Waals surface area contributed by atoms with Crippen molar-refractivity contribution in [1.29, 1.82) is 0 Å². The van der Waals surface area contributed by atoms with Crippen molar-refractivity contribution in [2.24, 2.45) is 0 Å². The second-order valence-electron chi connectivity index (χ2n) is 23.2. The molecule has 3 aliphatic heterocycles. The first-order valence-electron chi connectivity index (χ1n) is 32.9. The highest BCUT2D eigenvalue weighted by Crippen LogP contribution is 2.28. The molecule has 3 rings (SSSR count). The number of nitrogens with one attached hydrogen (secondary N) is 8. The lowest BCUT2D eigenvalue weighted by Gasteiger charge is -2.42. The Morgan fingerprint density at radius 1 is 0.361 bits per heavy atom. The molecule has 3 aliphatic rings. The van der Waals surface area contributed by atoms with Crippen LogP contribution in [-0.2, 0) is 95.2 Å². The fourth-order valence-electron chi connectivity index (χ4n) is 10.3. The van der Waals surface area contributed by atoms with Gasteiger partial charge in [-0.1, -0.05) is 6.92 Å². The summed E-state index contributed by atoms with van der Waals surface area (Å²) in [5, 5.41) is 112. The average Bonchev–Trinajstić information content (AvgIpc) is 0.833. The van der Waals surface area contributed by atoms with Crippen LogP contribution in [0, 0.1) is 0 Å². The van der Waals surface area contributed by atoms with Gasteiger partial charge in [-0.05, 0) is 32.1 Å². The minimum atomic E-state index is -1.47. The van der Waals surface area contributed by atoms with Gasteiger partial charge in [0.25, 0.3) is 0 Å². The molecule has 0 aromatic carbocycles. The monoisotopic (exact) mass is 1400 g/mol. The third-order valence-electron chi connectivity index (χ3n) is 15.4. The van der Waals surface area contributed by atoms with Crippen LogP contribution in [0.25, 0.3) is 0 Å². The highest BCUT2D eigenvalue weighted by molar-refractivity contribution is 5.81. The van der Waals surface area contributed by atoms with Gasteiger partial charge in [-0.2, -0.15) is 0 Å². The van der Waals surface area contributed by atoms with Crippen molar-refractivity contribution in [3.63, 3.8) is 0 Å². The molecule has 3 heterocycles. The van der Waals surface area contributed by atoms with E-state index in [0.717, 1.165) is 0 Å². The molecule has 0 aromatic heterocycles. The fourth-order valence-corrected chi connectivity index (χ4v) is 10.3. The van der Waals surface area contributed by atoms with Crippen molar-refractivity contribution in [2.45, 2.75) is 189 Å². The zero-order valence-corrected chi connectivity index (χ0v) is 56.0. The van der Waals surface area contributed by atoms with E-state index in [1.165, 1.54) is 20.8 Å². The maximum absolute atomic E-state index is 13.8. The summed E-state index contributed by atoms with van der Waals surface area (Å²) in [6.07, 6.45) is -15.5. The topological polar surface area (TPSA) is 526 Å². The van der Waals surface area contributed by atoms with E-state index in [0.29, 0.717) is 13.0 Å². The van der Waals surface area contributed by atoms with E-state index in [9.17, 15) is 84.3 Å². The third-order valence-corrected chi connectivity index (χ3v) is 15.4. The molecule has 15 atom stereocenters. The van der Waals surface area contributed by atoms with Crippen molar-refractivity contribution >= 4 is 47.3 Å². The number of aliphatic hydroxyl groups is 9. The Labute approximate surface area is 563 Å². The molecule has 3 saturated heterocycles. The molecule has 3 fully saturated rings. The van der Waals surface area contributed by atoms with Gasteiger partial charge in [-0.3, -0.25) is 38.4 Å². The fraction of sp³-hybridized carbons (Fsp3) is 0.867. The smallest absolute Gasteiger partial charge is 0.220 e. The van der Waals surface area contributed by atoms with E-state index in [-0.39, 0.29) is 182 Å². The van der Waals surface area contributed by atoms with Crippen LogP contribution in [0.3, 0.4) is 0 Å². The van der Waals surface area contributed by atoms with Crippen LogP contribution in [0.4, 0.5) is 0 Å². The third kappa shape index (κ3) is 34.2. The number of amides is 8. The van der Waals surface area contributed by atoms with Gasteiger partial charge >= 0.3 is 0 Å². The molecular weight excluding hydrogens is 1300 g/mol. The lowest BCUT2D eigenvalue weighted by Crippen LogP contribution is -2.64. The van der Waals surface area contributed by atoms with Crippen molar-refractivity contribution in [3.05, 3.63) is 0 Å². The predicted molar refractivity (Wildman–Crippen MR) is 334 cm³/mol. The summed E-state index contributed by atoms with van der Waals surface area (Å²) >= 11 is 0. The van der Waals surface area contributed by atoms with Crippen molar-refractivity contribution in [1.82, 2.24) is 42.5 Å². The quantitative estimate of drug-likeness (QED) is 0.0252. The molecule has 0 aliphatic carbocycles. The van der Waals surface area contributed by atoms with Gasteiger partial charge < -0.3 is 145 Å². The molecular formula is C60H108N8O29. The van der Waals surface area contributed by atoms with Gasteiger partial charge in [0.05, 0.1) is 119 Å². The molecule has 37 nitrogen and oxygen atoms in total. The number of carbonyl (C=O) groups excluding carboxylic acids is 8. The molecule has 562 valence electrons. The Bertz CT molecular complexity index is 2070. The first-order valence-corrected chi connectivity index (χ1v) is 32.9. The number of ether oxygens (including phenoxy) is 12. The first kappa shape index (κ1) is 86.1. The maximum atomic E-state index is 13.8. The molecule has 0 bridgehead atoms. The molecule has 0 saturated carbocycles. The molecule has 15 unspecified atom stereocenters. The summed E-state index contributed by atoms with van der Waals surface area (Å²) in [4.78, 5) is 102. The Morgan fingerprint density at radius 2 is 0.629 bits per heavy atom. The van der Waals surface area contributed by atoms with Crippen LogP contribution in [0.5, 0.6) is 0 Å². The molecule has 97 heavy (non-hydrogen) atoms. The van der Waals surface area contributed by atoms with Gasteiger partial charge in [-0.15, -0.1) is 0 Å². The molecule has 0 spiro atoms. The standard InChI is InChI=1S/C60H108N8O29/c1-5-15-61-43(75)7-6-8-47(79)68-60(12-9-44(76)62-16-19-86-22-25-89-28-31-92-57-48(65-37(2)72)54(83)51(80)40(34-69)95-57,13-10-45(77)63-17-20-87-23-26-90-29-32-93-58-49(66-38(3)73)55(84)52(81)41(35-70)96-58)14-11-46(78)64-18-21-88-24-27-91-30-33-94-59-50(67-39(4)74)56(85)53(82)42(36-71)97-59/h40-42,48-59,69-71,80-85H,5-36H2,1-4H3,(H,61,75)(H,62,76)(H,63,77)(H,64,78)(H,65,72)(H,66,73)(H,67,74)(H,68,79). The number of carbonyl (C=O) groups is 8. The van der Waals surface area contributed by atoms with Crippen LogP contribution in [0.15, 0.2) is 0 Å². The number of hydrogen-bond donors (Lipinski definition) is 17. The van der Waals surface area contributed by atoms with Crippen molar-refractivity contribution < 1.29 is 141 Å². The number of rotatable bonds is 52. The van der Waals surface area contributed by atoms with Gasteiger partial charge in [0.15, 0.2) is 18.9 Å². The summed E-state index contributed by atoms with van der Waals surface area (Å²) in [6.45, 7) is 5.29. The van der Waals surface area contributed by atoms with E-state index in [1.54, 1.807) is 0 Å². The van der Waals surface area contributed by atoms with Crippen LogP contribution >= 0.6 is 0 Å². The van der Waals surface area contributed by atoms with Crippen LogP contribution < -0.4 is 42.5 Å². The molecule has 8 amide bonds. The van der Waals surface area contributed by atoms with E-state index in [2.05, 4.69) is 42.5 Å². The maximum Gasteiger partial charge on any atom is 0.220 e. The minimum Gasteiger partial charge on any atom is -0.394 e. The summed E-state index contributed by atoms with van der Waals surface area (Å²) in [6, 6.07) is -3.34. The zero-order valence-electron chi connectivity index (χ0n) is 56.0. The van der Waals surface area contributed by atoms with Crippen molar-refractivity contribution in [3.8, 4) is 0 Å². The summed E-state index contributed by atoms with van der Waals surface area (Å²) in [5.74, 6) is -3.51. The Hall–Kier alpha value is -5.08. The highest BCUT2D eigenvalue weighted by atomic mass is 16.7. The van der Waals surface area contributed by atoms with Crippen LogP contribution in [0.1, 0.15) is 91.9 Å². The summed E-state index contributed by atoms with van der Waals surface area (Å²) in [5.41, 5.74) is -1.30.